The Balaban J connectivity index is 1.39. The number of hydrogen-bond acceptors (Lipinski definition) is 5. The predicted octanol–water partition coefficient (Wildman–Crippen LogP) is 2.71. The molecule has 2 aromatic rings. The van der Waals surface area contributed by atoms with Gasteiger partial charge in [-0.3, -0.25) is 9.59 Å². The molecule has 0 bridgehead atoms. The molecule has 0 aliphatic carbocycles. The Bertz CT molecular complexity index is 1230. The fourth-order valence-electron chi connectivity index (χ4n) is 4.98. The van der Waals surface area contributed by atoms with Gasteiger partial charge >= 0.3 is 0 Å². The summed E-state index contributed by atoms with van der Waals surface area (Å²) in [4.78, 5) is 27.0. The smallest absolute Gasteiger partial charge is 0.262 e. The Morgan fingerprint density at radius 2 is 1.97 bits per heavy atom. The largest absolute Gasteiger partial charge is 0.482 e. The molecular formula is C24H27N3O5S. The molecule has 1 N–H and O–H groups in total. The minimum atomic E-state index is -3.83. The van der Waals surface area contributed by atoms with E-state index in [0.717, 1.165) is 24.1 Å². The maximum Gasteiger partial charge on any atom is 0.262 e. The summed E-state index contributed by atoms with van der Waals surface area (Å²) in [6, 6.07) is 11.0. The number of anilines is 2. The molecule has 3 aliphatic rings. The minimum Gasteiger partial charge on any atom is -0.482 e. The third kappa shape index (κ3) is 4.00. The lowest BCUT2D eigenvalue weighted by atomic mass is 9.95. The minimum absolute atomic E-state index is 0.00439. The second kappa shape index (κ2) is 8.46. The molecular weight excluding hydrogens is 442 g/mol. The first-order valence-electron chi connectivity index (χ1n) is 11.3. The van der Waals surface area contributed by atoms with E-state index in [2.05, 4.69) is 11.4 Å². The van der Waals surface area contributed by atoms with Crippen LogP contribution in [-0.2, 0) is 26.0 Å². The number of amides is 2. The van der Waals surface area contributed by atoms with E-state index in [9.17, 15) is 18.0 Å². The molecule has 0 saturated carbocycles. The number of ether oxygens (including phenoxy) is 1. The van der Waals surface area contributed by atoms with Gasteiger partial charge in [0.2, 0.25) is 15.9 Å². The second-order valence-corrected chi connectivity index (χ2v) is 10.8. The number of fused-ring (bicyclic) bond motifs is 2. The number of carbonyl (C=O) groups excluding carboxylic acids is 2. The summed E-state index contributed by atoms with van der Waals surface area (Å²) in [6.45, 7) is 2.75. The SMILES string of the molecule is Cc1cc2c(cc1S(=O)(=O)N1CCC[C@H](C(=O)N3CCCc4ccccc43)C1)OCC(=O)N2. The predicted molar refractivity (Wildman–Crippen MR) is 124 cm³/mol. The number of para-hydroxylation sites is 1. The monoisotopic (exact) mass is 469 g/mol. The van der Waals surface area contributed by atoms with Crippen LogP contribution in [0.4, 0.5) is 11.4 Å². The number of benzene rings is 2. The van der Waals surface area contributed by atoms with Crippen LogP contribution in [0.15, 0.2) is 41.3 Å². The summed E-state index contributed by atoms with van der Waals surface area (Å²) in [5.74, 6) is -0.314. The van der Waals surface area contributed by atoms with E-state index in [1.165, 1.54) is 10.4 Å². The normalized spacial score (nSPS) is 20.9. The van der Waals surface area contributed by atoms with Crippen LogP contribution in [0.2, 0.25) is 0 Å². The van der Waals surface area contributed by atoms with Crippen LogP contribution < -0.4 is 15.0 Å². The van der Waals surface area contributed by atoms with Crippen LogP contribution in [0.3, 0.4) is 0 Å². The van der Waals surface area contributed by atoms with E-state index < -0.39 is 10.0 Å². The highest BCUT2D eigenvalue weighted by Crippen LogP contribution is 2.36. The zero-order valence-corrected chi connectivity index (χ0v) is 19.4. The van der Waals surface area contributed by atoms with Crippen LogP contribution in [0, 0.1) is 12.8 Å². The Hall–Kier alpha value is -2.91. The Labute approximate surface area is 193 Å². The third-order valence-electron chi connectivity index (χ3n) is 6.64. The van der Waals surface area contributed by atoms with Gasteiger partial charge in [-0.25, -0.2) is 8.42 Å². The molecule has 0 unspecified atom stereocenters. The van der Waals surface area contributed by atoms with Crippen molar-refractivity contribution < 1.29 is 22.7 Å². The fraction of sp³-hybridized carbons (Fsp3) is 0.417. The zero-order valence-electron chi connectivity index (χ0n) is 18.5. The number of nitrogens with zero attached hydrogens (tertiary/aromatic N) is 2. The maximum atomic E-state index is 13.6. The summed E-state index contributed by atoms with van der Waals surface area (Å²) in [6.07, 6.45) is 3.15. The lowest BCUT2D eigenvalue weighted by molar-refractivity contribution is -0.123. The highest BCUT2D eigenvalue weighted by molar-refractivity contribution is 7.89. The average Bonchev–Trinajstić information content (AvgIpc) is 2.82. The maximum absolute atomic E-state index is 13.6. The van der Waals surface area contributed by atoms with Crippen molar-refractivity contribution in [2.24, 2.45) is 5.92 Å². The van der Waals surface area contributed by atoms with E-state index in [4.69, 9.17) is 4.74 Å². The molecule has 1 atom stereocenters. The summed E-state index contributed by atoms with van der Waals surface area (Å²) in [7, 11) is -3.83. The summed E-state index contributed by atoms with van der Waals surface area (Å²) in [5, 5.41) is 2.70. The molecule has 2 amide bonds. The summed E-state index contributed by atoms with van der Waals surface area (Å²) < 4.78 is 34.0. The van der Waals surface area contributed by atoms with Crippen molar-refractivity contribution in [3.63, 3.8) is 0 Å². The zero-order chi connectivity index (χ0) is 23.2. The first kappa shape index (κ1) is 21.9. The van der Waals surface area contributed by atoms with Crippen molar-refractivity contribution in [1.82, 2.24) is 4.31 Å². The number of aryl methyl sites for hydroxylation is 2. The number of nitrogens with one attached hydrogen (secondary N) is 1. The Kier molecular flexibility index (Phi) is 5.62. The average molecular weight is 470 g/mol. The van der Waals surface area contributed by atoms with Gasteiger partial charge in [0.05, 0.1) is 16.5 Å². The van der Waals surface area contributed by atoms with Crippen LogP contribution in [0.25, 0.3) is 0 Å². The van der Waals surface area contributed by atoms with Crippen molar-refractivity contribution in [2.45, 2.75) is 37.5 Å². The van der Waals surface area contributed by atoms with Crippen LogP contribution in [0.5, 0.6) is 5.75 Å². The van der Waals surface area contributed by atoms with Gasteiger partial charge in [-0.2, -0.15) is 4.31 Å². The topological polar surface area (TPSA) is 96.0 Å². The van der Waals surface area contributed by atoms with Gasteiger partial charge in [0.15, 0.2) is 6.61 Å². The second-order valence-electron chi connectivity index (χ2n) is 8.88. The molecule has 1 saturated heterocycles. The third-order valence-corrected chi connectivity index (χ3v) is 8.64. The van der Waals surface area contributed by atoms with Crippen molar-refractivity contribution in [3.8, 4) is 5.75 Å². The highest BCUT2D eigenvalue weighted by atomic mass is 32.2. The molecule has 8 nitrogen and oxygen atoms in total. The lowest BCUT2D eigenvalue weighted by Crippen LogP contribution is -2.48. The fourth-order valence-corrected chi connectivity index (χ4v) is 6.72. The number of piperidine rings is 1. The Morgan fingerprint density at radius 1 is 1.15 bits per heavy atom. The van der Waals surface area contributed by atoms with Crippen LogP contribution >= 0.6 is 0 Å². The van der Waals surface area contributed by atoms with E-state index in [1.807, 2.05) is 23.1 Å². The van der Waals surface area contributed by atoms with Gasteiger partial charge in [-0.15, -0.1) is 0 Å². The van der Waals surface area contributed by atoms with E-state index >= 15 is 0 Å². The first-order chi connectivity index (χ1) is 15.8. The van der Waals surface area contributed by atoms with Gasteiger partial charge < -0.3 is 15.0 Å². The molecule has 3 aliphatic heterocycles. The molecule has 9 heteroatoms. The lowest BCUT2D eigenvalue weighted by Gasteiger charge is -2.36. The summed E-state index contributed by atoms with van der Waals surface area (Å²) >= 11 is 0. The molecule has 174 valence electrons. The Morgan fingerprint density at radius 3 is 2.82 bits per heavy atom. The molecule has 0 aromatic heterocycles. The van der Waals surface area contributed by atoms with E-state index in [-0.39, 0.29) is 35.8 Å². The molecule has 3 heterocycles. The van der Waals surface area contributed by atoms with E-state index in [0.29, 0.717) is 42.9 Å². The van der Waals surface area contributed by atoms with E-state index in [1.54, 1.807) is 13.0 Å². The molecule has 33 heavy (non-hydrogen) atoms. The molecule has 0 radical (unpaired) electrons. The van der Waals surface area contributed by atoms with Crippen LogP contribution in [0.1, 0.15) is 30.4 Å². The van der Waals surface area contributed by atoms with Crippen molar-refractivity contribution >= 4 is 33.2 Å². The van der Waals surface area contributed by atoms with Gasteiger partial charge in [0, 0.05) is 31.4 Å². The van der Waals surface area contributed by atoms with Gasteiger partial charge in [0.1, 0.15) is 5.75 Å². The number of hydrogen-bond donors (Lipinski definition) is 1. The van der Waals surface area contributed by atoms with Crippen molar-refractivity contribution in [1.29, 1.82) is 0 Å². The molecule has 5 rings (SSSR count). The number of carbonyl (C=O) groups is 2. The van der Waals surface area contributed by atoms with Gasteiger partial charge in [-0.1, -0.05) is 18.2 Å². The van der Waals surface area contributed by atoms with Gasteiger partial charge in [-0.05, 0) is 55.9 Å². The number of rotatable bonds is 3. The van der Waals surface area contributed by atoms with Crippen LogP contribution in [-0.4, -0.2) is 50.8 Å². The highest BCUT2D eigenvalue weighted by Gasteiger charge is 2.37. The standard InChI is InChI=1S/C24H27N3O5S/c1-16-12-19-21(32-15-23(28)25-19)13-22(16)33(30,31)26-10-4-8-18(14-26)24(29)27-11-5-7-17-6-2-3-9-20(17)27/h2-3,6,9,12-13,18H,4-5,7-8,10-11,14-15H2,1H3,(H,25,28)/t18-/m0/s1. The number of sulfonamides is 1. The van der Waals surface area contributed by atoms with Gasteiger partial charge in [0.25, 0.3) is 5.91 Å². The molecule has 2 aromatic carbocycles. The van der Waals surface area contributed by atoms with Crippen molar-refractivity contribution in [3.05, 3.63) is 47.5 Å². The molecule has 0 spiro atoms. The summed E-state index contributed by atoms with van der Waals surface area (Å²) in [5.41, 5.74) is 3.10. The molecule has 1 fully saturated rings. The quantitative estimate of drug-likeness (QED) is 0.746. The first-order valence-corrected chi connectivity index (χ1v) is 12.8. The van der Waals surface area contributed by atoms with Crippen molar-refractivity contribution in [2.75, 3.05) is 36.5 Å².